The smallest absolute Gasteiger partial charge is 0.238 e. The second kappa shape index (κ2) is 4.79. The van der Waals surface area contributed by atoms with Gasteiger partial charge in [0.1, 0.15) is 0 Å². The second-order valence-corrected chi connectivity index (χ2v) is 3.86. The normalized spacial score (nSPS) is 10.4. The van der Waals surface area contributed by atoms with Crippen molar-refractivity contribution in [2.45, 2.75) is 6.92 Å². The average molecular weight is 207 g/mol. The van der Waals surface area contributed by atoms with Crippen molar-refractivity contribution < 1.29 is 4.79 Å². The largest absolute Gasteiger partial charge is 0.398 e. The number of amides is 1. The molecule has 0 atom stereocenters. The number of nitrogens with one attached hydrogen (secondary N) is 1. The van der Waals surface area contributed by atoms with Crippen LogP contribution in [0.2, 0.25) is 0 Å². The highest BCUT2D eigenvalue weighted by Gasteiger charge is 2.04. The molecule has 82 valence electrons. The first kappa shape index (κ1) is 11.5. The van der Waals surface area contributed by atoms with Crippen LogP contribution in [0, 0.1) is 6.92 Å². The number of benzene rings is 1. The Labute approximate surface area is 90.1 Å². The molecule has 0 fully saturated rings. The van der Waals surface area contributed by atoms with Crippen LogP contribution >= 0.6 is 0 Å². The molecule has 0 heterocycles. The maximum absolute atomic E-state index is 11.4. The molecule has 1 aromatic rings. The maximum Gasteiger partial charge on any atom is 0.238 e. The van der Waals surface area contributed by atoms with Crippen LogP contribution in [0.25, 0.3) is 0 Å². The van der Waals surface area contributed by atoms with Gasteiger partial charge in [-0.05, 0) is 38.7 Å². The lowest BCUT2D eigenvalue weighted by Crippen LogP contribution is -2.27. The molecule has 0 aliphatic carbocycles. The number of aryl methyl sites for hydroxylation is 1. The Morgan fingerprint density at radius 2 is 2.13 bits per heavy atom. The third kappa shape index (κ3) is 3.59. The fourth-order valence-electron chi connectivity index (χ4n) is 1.21. The molecular formula is C11H17N3O. The van der Waals surface area contributed by atoms with Crippen LogP contribution in [-0.2, 0) is 4.79 Å². The van der Waals surface area contributed by atoms with E-state index in [9.17, 15) is 4.79 Å². The van der Waals surface area contributed by atoms with Gasteiger partial charge in [-0.15, -0.1) is 0 Å². The minimum Gasteiger partial charge on any atom is -0.398 e. The molecule has 3 N–H and O–H groups in total. The van der Waals surface area contributed by atoms with E-state index in [4.69, 9.17) is 5.73 Å². The molecule has 0 aliphatic heterocycles. The van der Waals surface area contributed by atoms with Crippen molar-refractivity contribution in [1.29, 1.82) is 0 Å². The number of anilines is 2. The molecule has 0 aromatic heterocycles. The Morgan fingerprint density at radius 1 is 1.47 bits per heavy atom. The highest BCUT2D eigenvalue weighted by atomic mass is 16.2. The van der Waals surface area contributed by atoms with E-state index in [1.807, 2.05) is 38.1 Å². The summed E-state index contributed by atoms with van der Waals surface area (Å²) in [5, 5.41) is 2.78. The number of likely N-dealkylation sites (N-methyl/N-ethyl adjacent to an activating group) is 1. The van der Waals surface area contributed by atoms with Gasteiger partial charge in [0, 0.05) is 11.4 Å². The van der Waals surface area contributed by atoms with Gasteiger partial charge in [0.05, 0.1) is 6.54 Å². The Morgan fingerprint density at radius 3 is 2.67 bits per heavy atom. The SMILES string of the molecule is Cc1ccc(NC(=O)CN(C)C)cc1N. The van der Waals surface area contributed by atoms with Crippen LogP contribution in [0.3, 0.4) is 0 Å². The first-order valence-corrected chi connectivity index (χ1v) is 4.80. The molecule has 15 heavy (non-hydrogen) atoms. The van der Waals surface area contributed by atoms with Gasteiger partial charge in [0.25, 0.3) is 0 Å². The average Bonchev–Trinajstić information content (AvgIpc) is 2.10. The molecule has 1 rings (SSSR count). The number of hydrogen-bond donors (Lipinski definition) is 2. The summed E-state index contributed by atoms with van der Waals surface area (Å²) in [6.45, 7) is 2.30. The molecule has 4 heteroatoms. The number of rotatable bonds is 3. The lowest BCUT2D eigenvalue weighted by atomic mass is 10.2. The predicted molar refractivity (Wildman–Crippen MR) is 62.8 cm³/mol. The van der Waals surface area contributed by atoms with Crippen LogP contribution in [0.1, 0.15) is 5.56 Å². The lowest BCUT2D eigenvalue weighted by molar-refractivity contribution is -0.116. The standard InChI is InChI=1S/C11H17N3O/c1-8-4-5-9(6-10(8)12)13-11(15)7-14(2)3/h4-6H,7,12H2,1-3H3,(H,13,15). The molecule has 0 bridgehead atoms. The van der Waals surface area contributed by atoms with Crippen LogP contribution in [0.15, 0.2) is 18.2 Å². The summed E-state index contributed by atoms with van der Waals surface area (Å²) in [4.78, 5) is 13.2. The van der Waals surface area contributed by atoms with E-state index in [1.54, 1.807) is 6.07 Å². The van der Waals surface area contributed by atoms with Crippen molar-refractivity contribution in [3.8, 4) is 0 Å². The van der Waals surface area contributed by atoms with Crippen molar-refractivity contribution in [1.82, 2.24) is 4.90 Å². The van der Waals surface area contributed by atoms with Crippen LogP contribution in [0.5, 0.6) is 0 Å². The molecule has 4 nitrogen and oxygen atoms in total. The van der Waals surface area contributed by atoms with Crippen molar-refractivity contribution in [2.75, 3.05) is 31.7 Å². The summed E-state index contributed by atoms with van der Waals surface area (Å²) in [7, 11) is 3.70. The van der Waals surface area contributed by atoms with Gasteiger partial charge in [-0.2, -0.15) is 0 Å². The second-order valence-electron chi connectivity index (χ2n) is 3.86. The van der Waals surface area contributed by atoms with Crippen molar-refractivity contribution in [2.24, 2.45) is 0 Å². The van der Waals surface area contributed by atoms with E-state index in [-0.39, 0.29) is 5.91 Å². The molecule has 0 radical (unpaired) electrons. The molecule has 0 saturated carbocycles. The zero-order valence-corrected chi connectivity index (χ0v) is 9.37. The monoisotopic (exact) mass is 207 g/mol. The molecular weight excluding hydrogens is 190 g/mol. The number of nitrogens with zero attached hydrogens (tertiary/aromatic N) is 1. The van der Waals surface area contributed by atoms with Crippen LogP contribution in [-0.4, -0.2) is 31.4 Å². The molecule has 1 amide bonds. The number of nitrogens with two attached hydrogens (primary N) is 1. The third-order valence-electron chi connectivity index (χ3n) is 2.02. The Bertz CT molecular complexity index is 361. The van der Waals surface area contributed by atoms with E-state index < -0.39 is 0 Å². The summed E-state index contributed by atoms with van der Waals surface area (Å²) in [5.41, 5.74) is 8.18. The Hall–Kier alpha value is -1.55. The van der Waals surface area contributed by atoms with Crippen LogP contribution < -0.4 is 11.1 Å². The summed E-state index contributed by atoms with van der Waals surface area (Å²) < 4.78 is 0. The fourth-order valence-corrected chi connectivity index (χ4v) is 1.21. The summed E-state index contributed by atoms with van der Waals surface area (Å²) in [5.74, 6) is -0.0387. The number of nitrogen functional groups attached to an aromatic ring is 1. The maximum atomic E-state index is 11.4. The van der Waals surface area contributed by atoms with Gasteiger partial charge in [0.2, 0.25) is 5.91 Å². The van der Waals surface area contributed by atoms with Crippen molar-refractivity contribution in [3.05, 3.63) is 23.8 Å². The summed E-state index contributed by atoms with van der Waals surface area (Å²) in [6.07, 6.45) is 0. The van der Waals surface area contributed by atoms with Crippen molar-refractivity contribution in [3.63, 3.8) is 0 Å². The molecule has 0 unspecified atom stereocenters. The van der Waals surface area contributed by atoms with Gasteiger partial charge in [-0.1, -0.05) is 6.07 Å². The predicted octanol–water partition coefficient (Wildman–Crippen LogP) is 1.08. The van der Waals surface area contributed by atoms with E-state index in [0.717, 1.165) is 11.3 Å². The minimum atomic E-state index is -0.0387. The summed E-state index contributed by atoms with van der Waals surface area (Å²) >= 11 is 0. The number of hydrogen-bond acceptors (Lipinski definition) is 3. The number of carbonyl (C=O) groups is 1. The fraction of sp³-hybridized carbons (Fsp3) is 0.364. The minimum absolute atomic E-state index is 0.0387. The Balaban J connectivity index is 2.65. The quantitative estimate of drug-likeness (QED) is 0.729. The highest BCUT2D eigenvalue weighted by Crippen LogP contribution is 2.16. The topological polar surface area (TPSA) is 58.4 Å². The van der Waals surface area contributed by atoms with Crippen molar-refractivity contribution >= 4 is 17.3 Å². The van der Waals surface area contributed by atoms with E-state index >= 15 is 0 Å². The zero-order chi connectivity index (χ0) is 11.4. The number of carbonyl (C=O) groups excluding carboxylic acids is 1. The van der Waals surface area contributed by atoms with Gasteiger partial charge in [0.15, 0.2) is 0 Å². The van der Waals surface area contributed by atoms with Gasteiger partial charge < -0.3 is 16.0 Å². The van der Waals surface area contributed by atoms with Gasteiger partial charge in [-0.3, -0.25) is 4.79 Å². The van der Waals surface area contributed by atoms with Gasteiger partial charge >= 0.3 is 0 Å². The first-order valence-electron chi connectivity index (χ1n) is 4.80. The van der Waals surface area contributed by atoms with E-state index in [2.05, 4.69) is 5.32 Å². The van der Waals surface area contributed by atoms with E-state index in [0.29, 0.717) is 12.2 Å². The summed E-state index contributed by atoms with van der Waals surface area (Å²) in [6, 6.07) is 5.50. The molecule has 1 aromatic carbocycles. The van der Waals surface area contributed by atoms with Crippen LogP contribution in [0.4, 0.5) is 11.4 Å². The Kier molecular flexibility index (Phi) is 3.68. The third-order valence-corrected chi connectivity index (χ3v) is 2.02. The highest BCUT2D eigenvalue weighted by molar-refractivity contribution is 5.92. The molecule has 0 spiro atoms. The van der Waals surface area contributed by atoms with E-state index in [1.165, 1.54) is 0 Å². The first-order chi connectivity index (χ1) is 6.99. The zero-order valence-electron chi connectivity index (χ0n) is 9.37. The molecule has 0 aliphatic rings. The lowest BCUT2D eigenvalue weighted by Gasteiger charge is -2.10. The van der Waals surface area contributed by atoms with Gasteiger partial charge in [-0.25, -0.2) is 0 Å². The molecule has 0 saturated heterocycles.